The van der Waals surface area contributed by atoms with Gasteiger partial charge in [0.1, 0.15) is 41.8 Å². The van der Waals surface area contributed by atoms with Gasteiger partial charge in [-0.05, 0) is 73.2 Å². The Bertz CT molecular complexity index is 1580. The Kier molecular flexibility index (Phi) is 7.97. The Morgan fingerprint density at radius 3 is 2.79 bits per heavy atom. The van der Waals surface area contributed by atoms with E-state index in [-0.39, 0.29) is 12.4 Å². The van der Waals surface area contributed by atoms with Gasteiger partial charge in [-0.25, -0.2) is 14.4 Å². The van der Waals surface area contributed by atoms with Crippen LogP contribution < -0.4 is 15.4 Å². The van der Waals surface area contributed by atoms with E-state index >= 15 is 0 Å². The molecule has 0 aliphatic heterocycles. The van der Waals surface area contributed by atoms with Gasteiger partial charge in [0, 0.05) is 23.2 Å². The van der Waals surface area contributed by atoms with Crippen LogP contribution in [0.4, 0.5) is 15.9 Å². The molecule has 0 amide bonds. The molecular weight excluding hydrogens is 503 g/mol. The molecule has 0 unspecified atom stereocenters. The molecule has 38 heavy (non-hydrogen) atoms. The van der Waals surface area contributed by atoms with Gasteiger partial charge in [0.15, 0.2) is 0 Å². The molecule has 5 rings (SSSR count). The van der Waals surface area contributed by atoms with Crippen molar-refractivity contribution in [2.75, 3.05) is 11.9 Å². The molecule has 8 heteroatoms. The maximum atomic E-state index is 13.4. The van der Waals surface area contributed by atoms with Crippen molar-refractivity contribution >= 4 is 34.0 Å². The molecule has 0 aliphatic rings. The number of halogens is 2. The average molecular weight is 529 g/mol. The van der Waals surface area contributed by atoms with Crippen LogP contribution in [0.25, 0.3) is 22.2 Å². The molecule has 0 fully saturated rings. The van der Waals surface area contributed by atoms with Gasteiger partial charge in [0.2, 0.25) is 0 Å². The first-order chi connectivity index (χ1) is 18.6. The first-order valence-corrected chi connectivity index (χ1v) is 12.6. The Balaban J connectivity index is 1.32. The summed E-state index contributed by atoms with van der Waals surface area (Å²) in [5.41, 5.74) is 3.19. The third-order valence-electron chi connectivity index (χ3n) is 5.86. The molecule has 2 aromatic heterocycles. The summed E-state index contributed by atoms with van der Waals surface area (Å²) in [4.78, 5) is 8.86. The third-order valence-corrected chi connectivity index (χ3v) is 6.15. The van der Waals surface area contributed by atoms with E-state index in [1.54, 1.807) is 24.3 Å². The topological polar surface area (TPSA) is 72.2 Å². The van der Waals surface area contributed by atoms with E-state index in [0.29, 0.717) is 23.1 Å². The predicted molar refractivity (Wildman–Crippen MR) is 149 cm³/mol. The van der Waals surface area contributed by atoms with Gasteiger partial charge >= 0.3 is 0 Å². The highest BCUT2D eigenvalue weighted by Gasteiger charge is 2.11. The van der Waals surface area contributed by atoms with Gasteiger partial charge in [-0.3, -0.25) is 0 Å². The Morgan fingerprint density at radius 1 is 1.03 bits per heavy atom. The second-order valence-corrected chi connectivity index (χ2v) is 9.02. The molecular formula is C30H26ClFN4O2. The third kappa shape index (κ3) is 6.19. The minimum Gasteiger partial charge on any atom is -0.487 e. The summed E-state index contributed by atoms with van der Waals surface area (Å²) in [6.45, 7) is 3.65. The van der Waals surface area contributed by atoms with Crippen molar-refractivity contribution in [3.8, 4) is 17.1 Å². The van der Waals surface area contributed by atoms with Gasteiger partial charge in [0.05, 0.1) is 17.1 Å². The molecule has 2 N–H and O–H groups in total. The van der Waals surface area contributed by atoms with Crippen molar-refractivity contribution < 1.29 is 13.5 Å². The first kappa shape index (κ1) is 25.4. The zero-order chi connectivity index (χ0) is 26.3. The molecule has 3 aromatic carbocycles. The van der Waals surface area contributed by atoms with E-state index in [9.17, 15) is 4.39 Å². The fourth-order valence-corrected chi connectivity index (χ4v) is 4.19. The molecule has 0 aliphatic carbocycles. The standard InChI is InChI=1S/C30H26ClFN4O2/c1-2-3-13-33-17-24-9-12-28(38-24)21-7-10-27-25(15-21)30(35-19-34-27)36-23-8-11-29(26(31)16-23)37-18-20-5-4-6-22(32)14-20/h2-12,14-16,19,33H,13,17-18H2,1H3,(H,34,35,36). The van der Waals surface area contributed by atoms with Crippen molar-refractivity contribution in [1.82, 2.24) is 15.3 Å². The van der Waals surface area contributed by atoms with Crippen LogP contribution in [0.2, 0.25) is 5.02 Å². The number of ether oxygens (including phenoxy) is 1. The van der Waals surface area contributed by atoms with E-state index < -0.39 is 0 Å². The number of anilines is 2. The molecule has 192 valence electrons. The number of rotatable bonds is 10. The summed E-state index contributed by atoms with van der Waals surface area (Å²) >= 11 is 6.48. The van der Waals surface area contributed by atoms with Crippen molar-refractivity contribution in [3.63, 3.8) is 0 Å². The molecule has 0 bridgehead atoms. The highest BCUT2D eigenvalue weighted by molar-refractivity contribution is 6.32. The molecule has 0 spiro atoms. The average Bonchev–Trinajstić information content (AvgIpc) is 3.40. The van der Waals surface area contributed by atoms with Crippen molar-refractivity contribution in [1.29, 1.82) is 0 Å². The monoisotopic (exact) mass is 528 g/mol. The fraction of sp³-hybridized carbons (Fsp3) is 0.133. The molecule has 2 heterocycles. The van der Waals surface area contributed by atoms with Crippen LogP contribution in [0.1, 0.15) is 18.2 Å². The van der Waals surface area contributed by atoms with Crippen LogP contribution in [0.5, 0.6) is 5.75 Å². The number of hydrogen-bond donors (Lipinski definition) is 2. The van der Waals surface area contributed by atoms with Crippen LogP contribution >= 0.6 is 11.6 Å². The second kappa shape index (κ2) is 11.9. The van der Waals surface area contributed by atoms with E-state index in [1.807, 2.05) is 49.4 Å². The largest absolute Gasteiger partial charge is 0.487 e. The van der Waals surface area contributed by atoms with Gasteiger partial charge < -0.3 is 19.8 Å². The van der Waals surface area contributed by atoms with E-state index in [4.69, 9.17) is 20.8 Å². The zero-order valence-electron chi connectivity index (χ0n) is 20.7. The van der Waals surface area contributed by atoms with Crippen molar-refractivity contribution in [3.05, 3.63) is 113 Å². The lowest BCUT2D eigenvalue weighted by molar-refractivity contribution is 0.306. The van der Waals surface area contributed by atoms with Crippen LogP contribution in [0, 0.1) is 5.82 Å². The van der Waals surface area contributed by atoms with E-state index in [1.165, 1.54) is 18.5 Å². The van der Waals surface area contributed by atoms with Crippen LogP contribution in [-0.4, -0.2) is 16.5 Å². The lowest BCUT2D eigenvalue weighted by Gasteiger charge is -2.12. The molecule has 0 radical (unpaired) electrons. The van der Waals surface area contributed by atoms with E-state index in [2.05, 4.69) is 26.7 Å². The first-order valence-electron chi connectivity index (χ1n) is 12.2. The maximum Gasteiger partial charge on any atom is 0.141 e. The van der Waals surface area contributed by atoms with Gasteiger partial charge in [-0.1, -0.05) is 35.9 Å². The Labute approximate surface area is 225 Å². The number of benzene rings is 3. The molecule has 0 saturated carbocycles. The number of hydrogen-bond acceptors (Lipinski definition) is 6. The number of fused-ring (bicyclic) bond motifs is 1. The SMILES string of the molecule is CC=CCNCc1ccc(-c2ccc3ncnc(Nc4ccc(OCc5cccc(F)c5)c(Cl)c4)c3c2)o1. The smallest absolute Gasteiger partial charge is 0.141 e. The lowest BCUT2D eigenvalue weighted by Crippen LogP contribution is -2.11. The minimum atomic E-state index is -0.304. The second-order valence-electron chi connectivity index (χ2n) is 8.61. The lowest BCUT2D eigenvalue weighted by atomic mass is 10.1. The maximum absolute atomic E-state index is 13.4. The quantitative estimate of drug-likeness (QED) is 0.143. The van der Waals surface area contributed by atoms with Crippen LogP contribution in [0.3, 0.4) is 0 Å². The van der Waals surface area contributed by atoms with E-state index in [0.717, 1.165) is 45.8 Å². The summed E-state index contributed by atoms with van der Waals surface area (Å²) in [5.74, 6) is 2.47. The van der Waals surface area contributed by atoms with Crippen molar-refractivity contribution in [2.45, 2.75) is 20.1 Å². The zero-order valence-corrected chi connectivity index (χ0v) is 21.5. The van der Waals surface area contributed by atoms with Crippen LogP contribution in [0.15, 0.2) is 95.7 Å². The molecule has 6 nitrogen and oxygen atoms in total. The normalized spacial score (nSPS) is 11.3. The predicted octanol–water partition coefficient (Wildman–Crippen LogP) is 7.67. The summed E-state index contributed by atoms with van der Waals surface area (Å²) in [6, 6.07) is 21.5. The number of furan rings is 1. The number of nitrogens with one attached hydrogen (secondary N) is 2. The number of nitrogens with zero attached hydrogens (tertiary/aromatic N) is 2. The van der Waals surface area contributed by atoms with Crippen LogP contribution in [-0.2, 0) is 13.2 Å². The summed E-state index contributed by atoms with van der Waals surface area (Å²) in [7, 11) is 0. The van der Waals surface area contributed by atoms with Crippen molar-refractivity contribution in [2.24, 2.45) is 0 Å². The minimum absolute atomic E-state index is 0.212. The van der Waals surface area contributed by atoms with Gasteiger partial charge in [-0.15, -0.1) is 0 Å². The molecule has 0 atom stereocenters. The summed E-state index contributed by atoms with van der Waals surface area (Å²) in [5, 5.41) is 7.92. The number of aromatic nitrogens is 2. The highest BCUT2D eigenvalue weighted by atomic mass is 35.5. The molecule has 5 aromatic rings. The molecule has 0 saturated heterocycles. The number of allylic oxidation sites excluding steroid dienone is 1. The van der Waals surface area contributed by atoms with Gasteiger partial charge in [0.25, 0.3) is 0 Å². The fourth-order valence-electron chi connectivity index (χ4n) is 3.95. The summed E-state index contributed by atoms with van der Waals surface area (Å²) in [6.07, 6.45) is 5.58. The summed E-state index contributed by atoms with van der Waals surface area (Å²) < 4.78 is 25.3. The van der Waals surface area contributed by atoms with Gasteiger partial charge in [-0.2, -0.15) is 0 Å². The Hall–Kier alpha value is -4.20. The Morgan fingerprint density at radius 2 is 1.95 bits per heavy atom. The highest BCUT2D eigenvalue weighted by Crippen LogP contribution is 2.32.